The molecular weight excluding hydrogens is 811 g/mol. The number of hydrogen-bond acceptors (Lipinski definition) is 3. The zero-order valence-corrected chi connectivity index (χ0v) is 36.7. The van der Waals surface area contributed by atoms with Crippen molar-refractivity contribution in [2.45, 2.75) is 0 Å². The highest BCUT2D eigenvalue weighted by molar-refractivity contribution is 6.21. The lowest BCUT2D eigenvalue weighted by Gasteiger charge is -2.35. The summed E-state index contributed by atoms with van der Waals surface area (Å²) in [6.07, 6.45) is 0. The molecule has 3 heteroatoms. The normalized spacial score (nSPS) is 11.9. The van der Waals surface area contributed by atoms with Gasteiger partial charge in [-0.15, -0.1) is 0 Å². The van der Waals surface area contributed by atoms with Crippen LogP contribution >= 0.6 is 0 Å². The Morgan fingerprint density at radius 1 is 0.284 bits per heavy atom. The van der Waals surface area contributed by atoms with Gasteiger partial charge in [-0.2, -0.15) is 0 Å². The smallest absolute Gasteiger partial charge is 0.0547 e. The topological polar surface area (TPSA) is 9.72 Å². The Hall–Kier alpha value is -8.92. The number of benzene rings is 12. The van der Waals surface area contributed by atoms with Gasteiger partial charge in [0.15, 0.2) is 0 Å². The third kappa shape index (κ3) is 6.51. The maximum Gasteiger partial charge on any atom is 0.0547 e. The molecule has 0 spiro atoms. The average Bonchev–Trinajstić information content (AvgIpc) is 3.40. The Morgan fingerprint density at radius 3 is 1.55 bits per heavy atom. The maximum absolute atomic E-state index is 2.47. The Morgan fingerprint density at radius 2 is 0.806 bits per heavy atom. The van der Waals surface area contributed by atoms with Gasteiger partial charge in [0.2, 0.25) is 0 Å². The summed E-state index contributed by atoms with van der Waals surface area (Å²) < 4.78 is 0. The van der Waals surface area contributed by atoms with Gasteiger partial charge in [-0.05, 0) is 140 Å². The SMILES string of the molecule is c1ccc(N(c2ccccc2)c2ccc(N3c4ccc5ccccc5c4-c4ccc(-c5ccc(N(c6ccc7ccccc7c6)c6cccc7ccccc67)cc5)c5cccc3c45)cc2)cc1. The fourth-order valence-corrected chi connectivity index (χ4v) is 10.5. The van der Waals surface area contributed by atoms with E-state index in [2.05, 4.69) is 276 Å². The van der Waals surface area contributed by atoms with Gasteiger partial charge in [-0.3, -0.25) is 0 Å². The predicted molar refractivity (Wildman–Crippen MR) is 285 cm³/mol. The van der Waals surface area contributed by atoms with Crippen LogP contribution in [0.5, 0.6) is 0 Å². The van der Waals surface area contributed by atoms with E-state index in [1.54, 1.807) is 0 Å². The number of anilines is 9. The van der Waals surface area contributed by atoms with E-state index >= 15 is 0 Å². The van der Waals surface area contributed by atoms with Crippen molar-refractivity contribution in [2.75, 3.05) is 14.7 Å². The number of fused-ring (bicyclic) bond motifs is 6. The lowest BCUT2D eigenvalue weighted by atomic mass is 9.85. The van der Waals surface area contributed by atoms with Crippen LogP contribution in [0.3, 0.4) is 0 Å². The van der Waals surface area contributed by atoms with Crippen molar-refractivity contribution in [3.05, 3.63) is 261 Å². The standard InChI is InChI=1S/C64H43N3/c1-3-20-49(21-4-1)65(50-22-5-2-6-23-50)51-36-38-53(39-37-51)67-61-28-14-26-58-55(40-41-59(64(58)61)63-57-25-12-10-17-46(57)32-42-62(63)67)47-30-33-52(34-31-47)66(54-35-29-44-15-7-8-18-48(44)43-54)60-27-13-19-45-16-9-11-24-56(45)60/h1-43H. The van der Waals surface area contributed by atoms with Crippen LogP contribution in [-0.4, -0.2) is 0 Å². The van der Waals surface area contributed by atoms with E-state index in [1.165, 1.54) is 76.7 Å². The molecular formula is C64H43N3. The van der Waals surface area contributed by atoms with Crippen molar-refractivity contribution >= 4 is 94.3 Å². The van der Waals surface area contributed by atoms with Gasteiger partial charge in [0.05, 0.1) is 17.1 Å². The van der Waals surface area contributed by atoms with Gasteiger partial charge in [0.25, 0.3) is 0 Å². The minimum absolute atomic E-state index is 1.10. The fraction of sp³-hybridized carbons (Fsp3) is 0. The van der Waals surface area contributed by atoms with E-state index in [-0.39, 0.29) is 0 Å². The highest BCUT2D eigenvalue weighted by Gasteiger charge is 2.29. The molecule has 12 aromatic carbocycles. The summed E-state index contributed by atoms with van der Waals surface area (Å²) in [4.78, 5) is 7.19. The molecule has 314 valence electrons. The van der Waals surface area contributed by atoms with Crippen molar-refractivity contribution in [1.82, 2.24) is 0 Å². The van der Waals surface area contributed by atoms with Crippen LogP contribution in [0.15, 0.2) is 261 Å². The molecule has 0 aliphatic carbocycles. The van der Waals surface area contributed by atoms with Crippen LogP contribution in [0.4, 0.5) is 51.2 Å². The molecule has 0 saturated heterocycles. The van der Waals surface area contributed by atoms with Gasteiger partial charge in [0, 0.05) is 50.5 Å². The van der Waals surface area contributed by atoms with E-state index < -0.39 is 0 Å². The molecule has 0 aromatic heterocycles. The molecule has 1 aliphatic rings. The fourth-order valence-electron chi connectivity index (χ4n) is 10.5. The molecule has 0 unspecified atom stereocenters. The van der Waals surface area contributed by atoms with Crippen LogP contribution in [-0.2, 0) is 0 Å². The molecule has 0 N–H and O–H groups in total. The highest BCUT2D eigenvalue weighted by Crippen LogP contribution is 2.55. The number of hydrogen-bond donors (Lipinski definition) is 0. The highest BCUT2D eigenvalue weighted by atomic mass is 15.2. The minimum Gasteiger partial charge on any atom is -0.311 e. The second-order valence-corrected chi connectivity index (χ2v) is 17.3. The monoisotopic (exact) mass is 853 g/mol. The minimum atomic E-state index is 1.10. The van der Waals surface area contributed by atoms with Crippen molar-refractivity contribution in [2.24, 2.45) is 0 Å². The van der Waals surface area contributed by atoms with E-state index in [4.69, 9.17) is 0 Å². The molecule has 3 nitrogen and oxygen atoms in total. The Kier molecular flexibility index (Phi) is 9.17. The van der Waals surface area contributed by atoms with Gasteiger partial charge in [0.1, 0.15) is 0 Å². The summed E-state index contributed by atoms with van der Waals surface area (Å²) in [7, 11) is 0. The quantitative estimate of drug-likeness (QED) is 0.151. The van der Waals surface area contributed by atoms with E-state index in [0.29, 0.717) is 0 Å². The number of nitrogens with zero attached hydrogens (tertiary/aromatic N) is 3. The van der Waals surface area contributed by atoms with Crippen LogP contribution in [0.25, 0.3) is 65.3 Å². The third-order valence-corrected chi connectivity index (χ3v) is 13.5. The van der Waals surface area contributed by atoms with Crippen molar-refractivity contribution < 1.29 is 0 Å². The van der Waals surface area contributed by atoms with Crippen LogP contribution in [0.1, 0.15) is 0 Å². The van der Waals surface area contributed by atoms with Gasteiger partial charge < -0.3 is 14.7 Å². The van der Waals surface area contributed by atoms with Crippen molar-refractivity contribution in [1.29, 1.82) is 0 Å². The molecule has 0 radical (unpaired) electrons. The summed E-state index contributed by atoms with van der Waals surface area (Å²) in [5.74, 6) is 0. The summed E-state index contributed by atoms with van der Waals surface area (Å²) in [5.41, 5.74) is 15.0. The van der Waals surface area contributed by atoms with Crippen LogP contribution in [0, 0.1) is 0 Å². The largest absolute Gasteiger partial charge is 0.311 e. The molecule has 0 saturated carbocycles. The van der Waals surface area contributed by atoms with Crippen molar-refractivity contribution in [3.63, 3.8) is 0 Å². The Bertz CT molecular complexity index is 3760. The summed E-state index contributed by atoms with van der Waals surface area (Å²) >= 11 is 0. The van der Waals surface area contributed by atoms with Gasteiger partial charge in [-0.1, -0.05) is 170 Å². The number of rotatable bonds is 8. The summed E-state index contributed by atoms with van der Waals surface area (Å²) in [5, 5.41) is 9.82. The first-order valence-electron chi connectivity index (χ1n) is 23.0. The predicted octanol–water partition coefficient (Wildman–Crippen LogP) is 18.4. The Labute approximate surface area is 390 Å². The molecule has 1 aliphatic heterocycles. The summed E-state index contributed by atoms with van der Waals surface area (Å²) in [6, 6.07) is 95.0. The molecule has 0 bridgehead atoms. The lowest BCUT2D eigenvalue weighted by molar-refractivity contribution is 1.26. The van der Waals surface area contributed by atoms with E-state index in [0.717, 1.165) is 39.8 Å². The Balaban J connectivity index is 0.951. The zero-order valence-electron chi connectivity index (χ0n) is 36.7. The first-order valence-corrected chi connectivity index (χ1v) is 23.0. The third-order valence-electron chi connectivity index (χ3n) is 13.5. The second kappa shape index (κ2) is 16.0. The van der Waals surface area contributed by atoms with Crippen LogP contribution < -0.4 is 14.7 Å². The van der Waals surface area contributed by atoms with Crippen LogP contribution in [0.2, 0.25) is 0 Å². The molecule has 1 heterocycles. The number of para-hydroxylation sites is 2. The second-order valence-electron chi connectivity index (χ2n) is 17.3. The molecule has 0 fully saturated rings. The lowest BCUT2D eigenvalue weighted by Crippen LogP contribution is -2.16. The van der Waals surface area contributed by atoms with Gasteiger partial charge in [-0.25, -0.2) is 0 Å². The molecule has 0 atom stereocenters. The van der Waals surface area contributed by atoms with E-state index in [9.17, 15) is 0 Å². The molecule has 0 amide bonds. The molecule has 12 aromatic rings. The zero-order chi connectivity index (χ0) is 44.3. The average molecular weight is 854 g/mol. The van der Waals surface area contributed by atoms with Gasteiger partial charge >= 0.3 is 0 Å². The molecule has 13 rings (SSSR count). The van der Waals surface area contributed by atoms with E-state index in [1.807, 2.05) is 0 Å². The summed E-state index contributed by atoms with van der Waals surface area (Å²) in [6.45, 7) is 0. The first kappa shape index (κ1) is 38.5. The molecule has 67 heavy (non-hydrogen) atoms. The maximum atomic E-state index is 2.47. The first-order chi connectivity index (χ1) is 33.2. The van der Waals surface area contributed by atoms with Crippen molar-refractivity contribution in [3.8, 4) is 22.3 Å².